The number of hydrogen-bond donors (Lipinski definition) is 2. The summed E-state index contributed by atoms with van der Waals surface area (Å²) in [5.74, 6) is 6.69. The van der Waals surface area contributed by atoms with Crippen molar-refractivity contribution in [3.63, 3.8) is 0 Å². The lowest BCUT2D eigenvalue weighted by atomic mass is 9.75. The summed E-state index contributed by atoms with van der Waals surface area (Å²) in [5.41, 5.74) is 3.10. The third-order valence-corrected chi connectivity index (χ3v) is 5.08. The molecule has 1 fully saturated rings. The van der Waals surface area contributed by atoms with Crippen molar-refractivity contribution in [3.05, 3.63) is 0 Å². The predicted octanol–water partition coefficient (Wildman–Crippen LogP) is 4.16. The fourth-order valence-corrected chi connectivity index (χ4v) is 3.78. The van der Waals surface area contributed by atoms with Gasteiger partial charge in [-0.15, -0.1) is 0 Å². The van der Waals surface area contributed by atoms with Crippen molar-refractivity contribution in [1.82, 2.24) is 5.43 Å². The van der Waals surface area contributed by atoms with Gasteiger partial charge in [-0.2, -0.15) is 0 Å². The van der Waals surface area contributed by atoms with Crippen LogP contribution in [0.4, 0.5) is 0 Å². The van der Waals surface area contributed by atoms with Crippen LogP contribution >= 0.6 is 0 Å². The van der Waals surface area contributed by atoms with E-state index in [1.54, 1.807) is 0 Å². The van der Waals surface area contributed by atoms with Gasteiger partial charge < -0.3 is 4.74 Å². The number of nitrogens with two attached hydrogens (primary N) is 1. The van der Waals surface area contributed by atoms with Gasteiger partial charge >= 0.3 is 0 Å². The second-order valence-electron chi connectivity index (χ2n) is 6.43. The van der Waals surface area contributed by atoms with Crippen molar-refractivity contribution in [2.24, 2.45) is 11.8 Å². The highest BCUT2D eigenvalue weighted by Gasteiger charge is 2.40. The molecule has 20 heavy (non-hydrogen) atoms. The smallest absolute Gasteiger partial charge is 0.0848 e. The third kappa shape index (κ3) is 5.01. The molecule has 0 amide bonds. The van der Waals surface area contributed by atoms with Crippen LogP contribution in [-0.4, -0.2) is 18.2 Å². The van der Waals surface area contributed by atoms with Crippen LogP contribution in [0.1, 0.15) is 85.0 Å². The number of hydrogen-bond acceptors (Lipinski definition) is 3. The van der Waals surface area contributed by atoms with E-state index in [0.717, 1.165) is 18.9 Å². The molecule has 1 rings (SSSR count). The van der Waals surface area contributed by atoms with Gasteiger partial charge in [-0.25, -0.2) is 0 Å². The van der Waals surface area contributed by atoms with E-state index >= 15 is 0 Å². The van der Waals surface area contributed by atoms with E-state index in [4.69, 9.17) is 10.6 Å². The first kappa shape index (κ1) is 17.9. The van der Waals surface area contributed by atoms with Crippen molar-refractivity contribution in [2.45, 2.75) is 96.6 Å². The zero-order valence-corrected chi connectivity index (χ0v) is 13.9. The first-order chi connectivity index (χ1) is 9.72. The van der Waals surface area contributed by atoms with Crippen molar-refractivity contribution in [1.29, 1.82) is 0 Å². The van der Waals surface area contributed by atoms with Gasteiger partial charge in [-0.1, -0.05) is 58.8 Å². The molecular formula is C17H36N2O. The molecule has 0 aromatic heterocycles. The molecule has 1 saturated carbocycles. The van der Waals surface area contributed by atoms with Gasteiger partial charge in [0.1, 0.15) is 0 Å². The summed E-state index contributed by atoms with van der Waals surface area (Å²) in [4.78, 5) is 0. The van der Waals surface area contributed by atoms with Crippen molar-refractivity contribution < 1.29 is 4.74 Å². The number of hydrazine groups is 1. The molecular weight excluding hydrogens is 248 g/mol. The third-order valence-electron chi connectivity index (χ3n) is 5.08. The van der Waals surface area contributed by atoms with Crippen molar-refractivity contribution in [3.8, 4) is 0 Å². The number of unbranched alkanes of at least 4 members (excludes halogenated alkanes) is 1. The average Bonchev–Trinajstić information content (AvgIpc) is 2.49. The van der Waals surface area contributed by atoms with E-state index in [1.807, 2.05) is 0 Å². The van der Waals surface area contributed by atoms with Gasteiger partial charge in [0.2, 0.25) is 0 Å². The SMILES string of the molecule is CCCCC(CC)CC(NN)C1(OCC)CCCCC1. The van der Waals surface area contributed by atoms with Gasteiger partial charge in [-0.3, -0.25) is 11.3 Å². The lowest BCUT2D eigenvalue weighted by Gasteiger charge is -2.44. The van der Waals surface area contributed by atoms with Crippen molar-refractivity contribution in [2.75, 3.05) is 6.61 Å². The Morgan fingerprint density at radius 2 is 1.85 bits per heavy atom. The molecule has 0 saturated heterocycles. The molecule has 3 heteroatoms. The van der Waals surface area contributed by atoms with Crippen LogP contribution in [0.5, 0.6) is 0 Å². The van der Waals surface area contributed by atoms with Crippen LogP contribution in [0.15, 0.2) is 0 Å². The minimum atomic E-state index is -0.0125. The predicted molar refractivity (Wildman–Crippen MR) is 86.5 cm³/mol. The van der Waals surface area contributed by atoms with Gasteiger partial charge in [0.25, 0.3) is 0 Å². The van der Waals surface area contributed by atoms with Crippen LogP contribution in [0.25, 0.3) is 0 Å². The standard InChI is InChI=1S/C17H36N2O/c1-4-7-11-15(5-2)14-16(19-18)17(20-6-3)12-9-8-10-13-17/h15-16,19H,4-14,18H2,1-3H3. The van der Waals surface area contributed by atoms with Crippen LogP contribution < -0.4 is 11.3 Å². The Bertz CT molecular complexity index is 234. The summed E-state index contributed by atoms with van der Waals surface area (Å²) < 4.78 is 6.23. The molecule has 3 N–H and O–H groups in total. The highest BCUT2D eigenvalue weighted by Crippen LogP contribution is 2.37. The molecule has 0 aromatic rings. The summed E-state index contributed by atoms with van der Waals surface area (Å²) in [6, 6.07) is 0.310. The lowest BCUT2D eigenvalue weighted by molar-refractivity contribution is -0.0946. The molecule has 0 heterocycles. The summed E-state index contributed by atoms with van der Waals surface area (Å²) in [5, 5.41) is 0. The fourth-order valence-electron chi connectivity index (χ4n) is 3.78. The van der Waals surface area contributed by atoms with Gasteiger partial charge in [0, 0.05) is 6.61 Å². The molecule has 0 aliphatic heterocycles. The fraction of sp³-hybridized carbons (Fsp3) is 1.00. The zero-order chi connectivity index (χ0) is 14.8. The van der Waals surface area contributed by atoms with E-state index in [0.29, 0.717) is 6.04 Å². The van der Waals surface area contributed by atoms with E-state index in [1.165, 1.54) is 57.8 Å². The molecule has 3 nitrogen and oxygen atoms in total. The van der Waals surface area contributed by atoms with Gasteiger partial charge in [0.15, 0.2) is 0 Å². The van der Waals surface area contributed by atoms with Crippen molar-refractivity contribution >= 4 is 0 Å². The van der Waals surface area contributed by atoms with Gasteiger partial charge in [-0.05, 0) is 32.1 Å². The molecule has 0 radical (unpaired) electrons. The zero-order valence-electron chi connectivity index (χ0n) is 13.9. The van der Waals surface area contributed by atoms with Crippen LogP contribution in [-0.2, 0) is 4.74 Å². The lowest BCUT2D eigenvalue weighted by Crippen LogP contribution is -2.56. The Morgan fingerprint density at radius 1 is 1.15 bits per heavy atom. The Hall–Kier alpha value is -0.120. The van der Waals surface area contributed by atoms with Gasteiger partial charge in [0.05, 0.1) is 11.6 Å². The Balaban J connectivity index is 2.68. The van der Waals surface area contributed by atoms with Crippen LogP contribution in [0.3, 0.4) is 0 Å². The molecule has 2 unspecified atom stereocenters. The quantitative estimate of drug-likeness (QED) is 0.467. The highest BCUT2D eigenvalue weighted by atomic mass is 16.5. The number of rotatable bonds is 10. The van der Waals surface area contributed by atoms with Crippen LogP contribution in [0, 0.1) is 5.92 Å². The number of nitrogens with one attached hydrogen (secondary N) is 1. The summed E-state index contributed by atoms with van der Waals surface area (Å²) in [6.07, 6.45) is 12.6. The first-order valence-electron chi connectivity index (χ1n) is 8.82. The molecule has 0 spiro atoms. The van der Waals surface area contributed by atoms with E-state index in [2.05, 4.69) is 26.2 Å². The molecule has 1 aliphatic carbocycles. The molecule has 1 aliphatic rings. The minimum Gasteiger partial charge on any atom is -0.374 e. The second-order valence-corrected chi connectivity index (χ2v) is 6.43. The monoisotopic (exact) mass is 284 g/mol. The highest BCUT2D eigenvalue weighted by molar-refractivity contribution is 4.95. The average molecular weight is 284 g/mol. The van der Waals surface area contributed by atoms with E-state index in [9.17, 15) is 0 Å². The maximum absolute atomic E-state index is 6.23. The number of ether oxygens (including phenoxy) is 1. The maximum atomic E-state index is 6.23. The Kier molecular flexibility index (Phi) is 8.74. The Morgan fingerprint density at radius 3 is 2.35 bits per heavy atom. The normalized spacial score (nSPS) is 21.6. The second kappa shape index (κ2) is 9.75. The summed E-state index contributed by atoms with van der Waals surface area (Å²) >= 11 is 0. The molecule has 0 bridgehead atoms. The van der Waals surface area contributed by atoms with E-state index in [-0.39, 0.29) is 5.60 Å². The van der Waals surface area contributed by atoms with Crippen LogP contribution in [0.2, 0.25) is 0 Å². The summed E-state index contributed by atoms with van der Waals surface area (Å²) in [6.45, 7) is 7.48. The Labute approximate surface area is 126 Å². The molecule has 2 atom stereocenters. The first-order valence-corrected chi connectivity index (χ1v) is 8.82. The topological polar surface area (TPSA) is 47.3 Å². The molecule has 120 valence electrons. The van der Waals surface area contributed by atoms with E-state index < -0.39 is 0 Å². The largest absolute Gasteiger partial charge is 0.374 e. The maximum Gasteiger partial charge on any atom is 0.0848 e. The minimum absolute atomic E-state index is 0.0125. The summed E-state index contributed by atoms with van der Waals surface area (Å²) in [7, 11) is 0. The molecule has 0 aromatic carbocycles.